The molecule has 0 saturated heterocycles. The van der Waals surface area contributed by atoms with E-state index in [0.29, 0.717) is 28.2 Å². The molecule has 0 spiro atoms. The van der Waals surface area contributed by atoms with Crippen LogP contribution in [0, 0.1) is 13.8 Å². The number of aromatic nitrogens is 3. The molecule has 184 valence electrons. The molecule has 0 radical (unpaired) electrons. The van der Waals surface area contributed by atoms with Crippen LogP contribution in [-0.4, -0.2) is 40.6 Å². The normalized spacial score (nSPS) is 14.9. The van der Waals surface area contributed by atoms with E-state index < -0.39 is 6.04 Å². The number of nitrogens with zero attached hydrogens (tertiary/aromatic N) is 3. The van der Waals surface area contributed by atoms with Crippen LogP contribution in [0.2, 0.25) is 0 Å². The first kappa shape index (κ1) is 24.7. The number of nitrogens with one attached hydrogen (secondary N) is 2. The van der Waals surface area contributed by atoms with E-state index in [1.165, 1.54) is 0 Å². The van der Waals surface area contributed by atoms with E-state index in [4.69, 9.17) is 14.6 Å². The standard InChI is InChI=1S/C26H31N5O3S/c1-7-13-35-26-29-25-27-17(4)22(24(32)28-19-10-8-9-15(2)16(19)3)23(31(25)30-26)18-11-12-20(33-5)21(14-18)34-6/h8-12,14,23H,7,13H2,1-6H3,(H,28,32)(H,27,29,30). The highest BCUT2D eigenvalue weighted by Crippen LogP contribution is 2.40. The number of fused-ring (bicyclic) bond motifs is 1. The van der Waals surface area contributed by atoms with Gasteiger partial charge < -0.3 is 20.1 Å². The molecule has 0 saturated carbocycles. The monoisotopic (exact) mass is 493 g/mol. The van der Waals surface area contributed by atoms with Crippen molar-refractivity contribution in [2.24, 2.45) is 0 Å². The molecule has 0 bridgehead atoms. The Hall–Kier alpha value is -3.46. The molecule has 4 rings (SSSR count). The lowest BCUT2D eigenvalue weighted by Crippen LogP contribution is -2.31. The van der Waals surface area contributed by atoms with Crippen molar-refractivity contribution in [2.45, 2.75) is 45.3 Å². The third-order valence-corrected chi connectivity index (χ3v) is 7.13. The van der Waals surface area contributed by atoms with E-state index in [2.05, 4.69) is 22.5 Å². The minimum atomic E-state index is -0.500. The average molecular weight is 494 g/mol. The third-order valence-electron chi connectivity index (χ3n) is 6.09. The number of benzene rings is 2. The zero-order valence-electron chi connectivity index (χ0n) is 20.9. The van der Waals surface area contributed by atoms with Crippen LogP contribution in [0.15, 0.2) is 52.8 Å². The molecule has 1 amide bonds. The number of ether oxygens (including phenoxy) is 2. The fourth-order valence-corrected chi connectivity index (χ4v) is 4.77. The summed E-state index contributed by atoms with van der Waals surface area (Å²) >= 11 is 1.60. The molecule has 1 atom stereocenters. The van der Waals surface area contributed by atoms with Crippen molar-refractivity contribution in [3.8, 4) is 11.5 Å². The van der Waals surface area contributed by atoms with E-state index in [-0.39, 0.29) is 5.91 Å². The summed E-state index contributed by atoms with van der Waals surface area (Å²) in [7, 11) is 3.20. The summed E-state index contributed by atoms with van der Waals surface area (Å²) < 4.78 is 12.8. The summed E-state index contributed by atoms with van der Waals surface area (Å²) in [5.74, 6) is 2.51. The largest absolute Gasteiger partial charge is 0.493 e. The zero-order chi connectivity index (χ0) is 25.1. The Bertz CT molecular complexity index is 1280. The highest BCUT2D eigenvalue weighted by Gasteiger charge is 2.35. The Morgan fingerprint density at radius 2 is 1.91 bits per heavy atom. The van der Waals surface area contributed by atoms with Gasteiger partial charge in [-0.15, -0.1) is 5.10 Å². The number of thioether (sulfide) groups is 1. The van der Waals surface area contributed by atoms with Gasteiger partial charge in [-0.1, -0.05) is 36.9 Å². The summed E-state index contributed by atoms with van der Waals surface area (Å²) in [6.45, 7) is 8.04. The molecular formula is C26H31N5O3S. The molecule has 2 N–H and O–H groups in total. The van der Waals surface area contributed by atoms with Gasteiger partial charge in [-0.3, -0.25) is 4.79 Å². The predicted octanol–water partition coefficient (Wildman–Crippen LogP) is 5.34. The number of allylic oxidation sites excluding steroid dienone is 1. The van der Waals surface area contributed by atoms with Gasteiger partial charge in [0.25, 0.3) is 5.91 Å². The average Bonchev–Trinajstić information content (AvgIpc) is 3.26. The van der Waals surface area contributed by atoms with Crippen molar-refractivity contribution in [1.29, 1.82) is 0 Å². The zero-order valence-corrected chi connectivity index (χ0v) is 21.7. The van der Waals surface area contributed by atoms with Gasteiger partial charge in [0, 0.05) is 17.1 Å². The number of amides is 1. The lowest BCUT2D eigenvalue weighted by molar-refractivity contribution is -0.113. The molecule has 8 nitrogen and oxygen atoms in total. The Balaban J connectivity index is 1.81. The van der Waals surface area contributed by atoms with Crippen LogP contribution in [0.25, 0.3) is 0 Å². The van der Waals surface area contributed by atoms with Gasteiger partial charge in [-0.2, -0.15) is 4.98 Å². The highest BCUT2D eigenvalue weighted by atomic mass is 32.2. The molecule has 1 unspecified atom stereocenters. The van der Waals surface area contributed by atoms with Gasteiger partial charge in [-0.05, 0) is 62.1 Å². The smallest absolute Gasteiger partial charge is 0.255 e. The van der Waals surface area contributed by atoms with E-state index in [0.717, 1.165) is 40.2 Å². The van der Waals surface area contributed by atoms with Gasteiger partial charge in [0.05, 0.1) is 19.8 Å². The second-order valence-corrected chi connectivity index (χ2v) is 9.46. The minimum absolute atomic E-state index is 0.201. The van der Waals surface area contributed by atoms with Crippen LogP contribution in [0.1, 0.15) is 43.0 Å². The number of anilines is 2. The molecule has 2 aromatic carbocycles. The SMILES string of the molecule is CCCSc1nc2n(n1)C(c1ccc(OC)c(OC)c1)C(C(=O)Nc1cccc(C)c1C)=C(C)N2. The summed E-state index contributed by atoms with van der Waals surface area (Å²) in [5, 5.41) is 11.8. The minimum Gasteiger partial charge on any atom is -0.493 e. The third kappa shape index (κ3) is 4.86. The van der Waals surface area contributed by atoms with E-state index >= 15 is 0 Å². The van der Waals surface area contributed by atoms with Crippen LogP contribution >= 0.6 is 11.8 Å². The molecule has 2 heterocycles. The maximum Gasteiger partial charge on any atom is 0.255 e. The summed E-state index contributed by atoms with van der Waals surface area (Å²) in [4.78, 5) is 18.4. The molecular weight excluding hydrogens is 462 g/mol. The van der Waals surface area contributed by atoms with Crippen molar-refractivity contribution in [3.05, 3.63) is 64.4 Å². The topological polar surface area (TPSA) is 90.3 Å². The van der Waals surface area contributed by atoms with Crippen molar-refractivity contribution in [3.63, 3.8) is 0 Å². The number of hydrogen-bond donors (Lipinski definition) is 2. The number of methoxy groups -OCH3 is 2. The second-order valence-electron chi connectivity index (χ2n) is 8.39. The van der Waals surface area contributed by atoms with E-state index in [1.54, 1.807) is 30.7 Å². The fraction of sp³-hybridized carbons (Fsp3) is 0.346. The summed E-state index contributed by atoms with van der Waals surface area (Å²) in [6.07, 6.45) is 1.02. The van der Waals surface area contributed by atoms with Crippen molar-refractivity contribution in [2.75, 3.05) is 30.6 Å². The van der Waals surface area contributed by atoms with E-state index in [9.17, 15) is 4.79 Å². The number of rotatable bonds is 8. The van der Waals surface area contributed by atoms with Crippen LogP contribution in [0.5, 0.6) is 11.5 Å². The van der Waals surface area contributed by atoms with Crippen molar-refractivity contribution < 1.29 is 14.3 Å². The number of carbonyl (C=O) groups is 1. The molecule has 1 aromatic heterocycles. The summed E-state index contributed by atoms with van der Waals surface area (Å²) in [6, 6.07) is 11.0. The highest BCUT2D eigenvalue weighted by molar-refractivity contribution is 7.99. The maximum absolute atomic E-state index is 13.8. The lowest BCUT2D eigenvalue weighted by Gasteiger charge is -2.29. The van der Waals surface area contributed by atoms with Gasteiger partial charge in [-0.25, -0.2) is 4.68 Å². The molecule has 1 aliphatic rings. The van der Waals surface area contributed by atoms with Crippen molar-refractivity contribution >= 4 is 29.3 Å². The van der Waals surface area contributed by atoms with Gasteiger partial charge in [0.2, 0.25) is 11.1 Å². The molecule has 1 aliphatic heterocycles. The first-order valence-corrected chi connectivity index (χ1v) is 12.5. The lowest BCUT2D eigenvalue weighted by atomic mass is 9.94. The number of hydrogen-bond acceptors (Lipinski definition) is 7. The predicted molar refractivity (Wildman–Crippen MR) is 140 cm³/mol. The second kappa shape index (κ2) is 10.4. The number of carbonyl (C=O) groups excluding carboxylic acids is 1. The quantitative estimate of drug-likeness (QED) is 0.409. The Morgan fingerprint density at radius 3 is 2.63 bits per heavy atom. The summed E-state index contributed by atoms with van der Waals surface area (Å²) in [5.41, 5.74) is 5.05. The van der Waals surface area contributed by atoms with Crippen LogP contribution < -0.4 is 20.1 Å². The van der Waals surface area contributed by atoms with Crippen LogP contribution in [0.3, 0.4) is 0 Å². The van der Waals surface area contributed by atoms with Crippen molar-refractivity contribution in [1.82, 2.24) is 14.8 Å². The van der Waals surface area contributed by atoms with Gasteiger partial charge in [0.15, 0.2) is 11.5 Å². The fourth-order valence-electron chi connectivity index (χ4n) is 4.09. The van der Waals surface area contributed by atoms with E-state index in [1.807, 2.05) is 57.2 Å². The molecule has 9 heteroatoms. The molecule has 0 aliphatic carbocycles. The maximum atomic E-state index is 13.8. The molecule has 0 fully saturated rings. The van der Waals surface area contributed by atoms with Gasteiger partial charge in [0.1, 0.15) is 6.04 Å². The number of aryl methyl sites for hydroxylation is 1. The molecule has 3 aromatic rings. The Labute approximate surface area is 210 Å². The molecule has 35 heavy (non-hydrogen) atoms. The first-order chi connectivity index (χ1) is 16.9. The first-order valence-electron chi connectivity index (χ1n) is 11.5. The van der Waals surface area contributed by atoms with Crippen LogP contribution in [-0.2, 0) is 4.79 Å². The Kier molecular flexibility index (Phi) is 7.35. The van der Waals surface area contributed by atoms with Crippen LogP contribution in [0.4, 0.5) is 11.6 Å². The van der Waals surface area contributed by atoms with Gasteiger partial charge >= 0.3 is 0 Å². The Morgan fingerprint density at radius 1 is 1.14 bits per heavy atom.